The van der Waals surface area contributed by atoms with Gasteiger partial charge in [-0.3, -0.25) is 24.6 Å². The number of thiazole rings is 1. The number of carbonyl (C=O) groups is 5. The summed E-state index contributed by atoms with van der Waals surface area (Å²) in [5.41, 5.74) is 9.14. The largest absolute Gasteiger partial charge is 0.481 e. The number of nitrogens with two attached hydrogens (primary N) is 3. The van der Waals surface area contributed by atoms with Gasteiger partial charge in [0.25, 0.3) is 11.8 Å². The highest BCUT2D eigenvalue weighted by molar-refractivity contribution is 8.00. The minimum Gasteiger partial charge on any atom is -0.481 e. The van der Waals surface area contributed by atoms with Gasteiger partial charge < -0.3 is 36.4 Å². The van der Waals surface area contributed by atoms with Gasteiger partial charge in [-0.1, -0.05) is 5.16 Å². The van der Waals surface area contributed by atoms with E-state index in [-0.39, 0.29) is 28.8 Å². The van der Waals surface area contributed by atoms with Gasteiger partial charge in [-0.25, -0.2) is 15.6 Å². The number of anilines is 1. The van der Waals surface area contributed by atoms with Gasteiger partial charge in [0.05, 0.1) is 0 Å². The van der Waals surface area contributed by atoms with Crippen molar-refractivity contribution in [2.75, 3.05) is 24.6 Å². The summed E-state index contributed by atoms with van der Waals surface area (Å²) in [5.74, 6) is 1.77. The van der Waals surface area contributed by atoms with Crippen molar-refractivity contribution in [2.45, 2.75) is 30.9 Å². The minimum atomic E-state index is -1.55. The van der Waals surface area contributed by atoms with Gasteiger partial charge >= 0.3 is 12.1 Å². The molecule has 2 aliphatic heterocycles. The van der Waals surface area contributed by atoms with E-state index in [1.165, 1.54) is 24.1 Å². The molecule has 1 aromatic heterocycles. The number of carbonyl (C=O) groups excluding carboxylic acids is 4. The first-order valence-electron chi connectivity index (χ1n) is 10.2. The highest BCUT2D eigenvalue weighted by atomic mass is 32.2. The van der Waals surface area contributed by atoms with Crippen molar-refractivity contribution in [3.8, 4) is 0 Å². The molecule has 3 rings (SSSR count). The number of nitrogens with zero attached hydrogens (tertiary/aromatic N) is 3. The van der Waals surface area contributed by atoms with Crippen molar-refractivity contribution < 1.29 is 38.7 Å². The second-order valence-corrected chi connectivity index (χ2v) is 10.4. The maximum absolute atomic E-state index is 13.1. The molecule has 0 aliphatic carbocycles. The third-order valence-electron chi connectivity index (χ3n) is 5.40. The van der Waals surface area contributed by atoms with Crippen molar-refractivity contribution in [3.63, 3.8) is 0 Å². The molecule has 2 fully saturated rings. The van der Waals surface area contributed by atoms with Crippen molar-refractivity contribution in [2.24, 2.45) is 22.1 Å². The lowest BCUT2D eigenvalue weighted by Gasteiger charge is -2.53. The van der Waals surface area contributed by atoms with Crippen LogP contribution in [0.15, 0.2) is 10.5 Å². The van der Waals surface area contributed by atoms with Crippen molar-refractivity contribution in [3.05, 3.63) is 11.1 Å². The van der Waals surface area contributed by atoms with Gasteiger partial charge in [-0.2, -0.15) is 0 Å². The molecule has 0 aromatic carbocycles. The standard InChI is InChI=1S/C18H24N8O8S2/c1-17(2,13(29)24-21)34-25-8(7-3-35-15(19)22-7)10(27)23-9-11(28)26-4-18(14(30)31,5-33-16(20)32)6-36-12(9)26/h3,9,12H,4-6,21H2,1-2H3,(H2,19,22)(H2,20,32)(H,23,27)(H,24,29)(H,30,31)/t9?,12-,18?/m1/s1. The molecule has 16 nitrogen and oxygen atoms in total. The molecule has 2 saturated heterocycles. The zero-order chi connectivity index (χ0) is 26.8. The van der Waals surface area contributed by atoms with Gasteiger partial charge in [-0.05, 0) is 13.8 Å². The van der Waals surface area contributed by atoms with Gasteiger partial charge in [0, 0.05) is 17.7 Å². The second-order valence-electron chi connectivity index (χ2n) is 8.40. The Morgan fingerprint density at radius 2 is 2.08 bits per heavy atom. The number of carboxylic acids is 1. The van der Waals surface area contributed by atoms with E-state index in [2.05, 4.69) is 15.5 Å². The number of carboxylic acid groups (broad SMARTS) is 1. The number of nitrogen functional groups attached to an aromatic ring is 1. The van der Waals surface area contributed by atoms with Gasteiger partial charge in [0.15, 0.2) is 10.8 Å². The number of ether oxygens (including phenoxy) is 1. The van der Waals surface area contributed by atoms with Crippen molar-refractivity contribution in [1.29, 1.82) is 0 Å². The fraction of sp³-hybridized carbons (Fsp3) is 0.500. The second kappa shape index (κ2) is 10.2. The average Bonchev–Trinajstić information content (AvgIpc) is 3.25. The summed E-state index contributed by atoms with van der Waals surface area (Å²) >= 11 is 2.13. The van der Waals surface area contributed by atoms with Crippen LogP contribution in [0.3, 0.4) is 0 Å². The number of oxime groups is 1. The topological polar surface area (TPSA) is 255 Å². The number of hydrazine groups is 1. The molecule has 2 unspecified atom stereocenters. The monoisotopic (exact) mass is 544 g/mol. The van der Waals surface area contributed by atoms with Crippen molar-refractivity contribution >= 4 is 63.7 Å². The summed E-state index contributed by atoms with van der Waals surface area (Å²) in [4.78, 5) is 71.1. The minimum absolute atomic E-state index is 0.00844. The molecule has 0 saturated carbocycles. The lowest BCUT2D eigenvalue weighted by molar-refractivity contribution is -0.160. The van der Waals surface area contributed by atoms with Crippen LogP contribution in [-0.2, 0) is 28.8 Å². The van der Waals surface area contributed by atoms with Crippen LogP contribution in [0, 0.1) is 5.41 Å². The van der Waals surface area contributed by atoms with Crippen LogP contribution >= 0.6 is 23.1 Å². The first-order valence-corrected chi connectivity index (χ1v) is 12.1. The molecule has 18 heteroatoms. The summed E-state index contributed by atoms with van der Waals surface area (Å²) in [6.07, 6.45) is -1.13. The van der Waals surface area contributed by atoms with Crippen LogP contribution in [0.25, 0.3) is 0 Å². The molecule has 196 valence electrons. The summed E-state index contributed by atoms with van der Waals surface area (Å²) in [7, 11) is 0. The average molecular weight is 545 g/mol. The van der Waals surface area contributed by atoms with E-state index in [4.69, 9.17) is 26.9 Å². The molecular formula is C18H24N8O8S2. The van der Waals surface area contributed by atoms with Crippen LogP contribution in [-0.4, -0.2) is 86.4 Å². The maximum atomic E-state index is 13.1. The normalized spacial score (nSPS) is 23.7. The molecule has 36 heavy (non-hydrogen) atoms. The summed E-state index contributed by atoms with van der Waals surface area (Å²) in [5, 5.41) is 17.0. The molecule has 2 aliphatic rings. The van der Waals surface area contributed by atoms with E-state index in [9.17, 15) is 29.1 Å². The Kier molecular flexibility index (Phi) is 7.60. The first-order chi connectivity index (χ1) is 16.8. The maximum Gasteiger partial charge on any atom is 0.404 e. The van der Waals surface area contributed by atoms with E-state index in [1.807, 2.05) is 5.43 Å². The number of hydrogen-bond donors (Lipinski definition) is 6. The Hall–Kier alpha value is -3.64. The van der Waals surface area contributed by atoms with Gasteiger partial charge in [-0.15, -0.1) is 23.1 Å². The van der Waals surface area contributed by atoms with E-state index < -0.39 is 58.8 Å². The summed E-state index contributed by atoms with van der Waals surface area (Å²) in [6, 6.07) is -1.01. The molecule has 9 N–H and O–H groups in total. The van der Waals surface area contributed by atoms with Crippen molar-refractivity contribution in [1.82, 2.24) is 20.6 Å². The van der Waals surface area contributed by atoms with Gasteiger partial charge in [0.2, 0.25) is 11.5 Å². The number of nitrogens with one attached hydrogen (secondary N) is 2. The zero-order valence-electron chi connectivity index (χ0n) is 19.0. The van der Waals surface area contributed by atoms with Crippen LogP contribution in [0.2, 0.25) is 0 Å². The number of thioether (sulfide) groups is 1. The Morgan fingerprint density at radius 1 is 1.39 bits per heavy atom. The Morgan fingerprint density at radius 3 is 2.64 bits per heavy atom. The molecule has 4 amide bonds. The van der Waals surface area contributed by atoms with E-state index in [1.54, 1.807) is 0 Å². The van der Waals surface area contributed by atoms with E-state index in [0.717, 1.165) is 23.1 Å². The van der Waals surface area contributed by atoms with E-state index in [0.29, 0.717) is 0 Å². The number of aromatic nitrogens is 1. The number of rotatable bonds is 9. The predicted octanol–water partition coefficient (Wildman–Crippen LogP) is -2.22. The number of hydrogen-bond acceptors (Lipinski definition) is 13. The van der Waals surface area contributed by atoms with Crippen LogP contribution in [0.4, 0.5) is 9.93 Å². The quantitative estimate of drug-likeness (QED) is 0.0635. The third-order valence-corrected chi connectivity index (χ3v) is 7.66. The SMILES string of the molecule is CC(C)(ON=C(C(=O)NC1C(=O)N2CC(COC(N)=O)(C(=O)O)CS[C@H]12)c1csc(N)n1)C(=O)NN. The van der Waals surface area contributed by atoms with Crippen LogP contribution in [0.1, 0.15) is 19.5 Å². The summed E-state index contributed by atoms with van der Waals surface area (Å²) in [6.45, 7) is 1.98. The van der Waals surface area contributed by atoms with Crippen LogP contribution < -0.4 is 28.1 Å². The fourth-order valence-electron chi connectivity index (χ4n) is 3.30. The molecular weight excluding hydrogens is 520 g/mol. The number of fused-ring (bicyclic) bond motifs is 1. The molecule has 0 spiro atoms. The highest BCUT2D eigenvalue weighted by Crippen LogP contribution is 2.42. The van der Waals surface area contributed by atoms with Crippen LogP contribution in [0.5, 0.6) is 0 Å². The highest BCUT2D eigenvalue weighted by Gasteiger charge is 2.58. The number of primary amides is 1. The van der Waals surface area contributed by atoms with Gasteiger partial charge in [0.1, 0.15) is 29.1 Å². The number of β-lactam (4-membered cyclic amide) rings is 1. The summed E-state index contributed by atoms with van der Waals surface area (Å²) < 4.78 is 4.70. The zero-order valence-corrected chi connectivity index (χ0v) is 20.7. The Labute approximate surface area is 211 Å². The number of amides is 4. The Bertz CT molecular complexity index is 1120. The predicted molar refractivity (Wildman–Crippen MR) is 126 cm³/mol. The van der Waals surface area contributed by atoms with E-state index >= 15 is 0 Å². The molecule has 0 bridgehead atoms. The molecule has 1 aromatic rings. The molecule has 3 atom stereocenters. The third kappa shape index (κ3) is 5.29. The molecule has 3 heterocycles. The lowest BCUT2D eigenvalue weighted by Crippen LogP contribution is -2.74. The fourth-order valence-corrected chi connectivity index (χ4v) is 5.37. The molecule has 0 radical (unpaired) electrons. The first kappa shape index (κ1) is 27.0. The number of aliphatic carboxylic acids is 1. The smallest absolute Gasteiger partial charge is 0.404 e. The Balaban J connectivity index is 1.76. The lowest BCUT2D eigenvalue weighted by atomic mass is 9.88.